The summed E-state index contributed by atoms with van der Waals surface area (Å²) in [5.74, 6) is 0.933. The summed E-state index contributed by atoms with van der Waals surface area (Å²) < 4.78 is 6.25. The molecule has 8 rings (SSSR count). The Hall–Kier alpha value is -5.86. The van der Waals surface area contributed by atoms with Gasteiger partial charge in [-0.2, -0.15) is 0 Å². The van der Waals surface area contributed by atoms with Gasteiger partial charge in [-0.3, -0.25) is 0 Å². The van der Waals surface area contributed by atoms with E-state index in [0.717, 1.165) is 39.4 Å². The second-order valence-corrected chi connectivity index (χ2v) is 11.5. The van der Waals surface area contributed by atoms with E-state index in [-0.39, 0.29) is 0 Å². The van der Waals surface area contributed by atoms with Crippen molar-refractivity contribution in [3.63, 3.8) is 0 Å². The van der Waals surface area contributed by atoms with Crippen molar-refractivity contribution >= 4 is 38.8 Å². The molecule has 2 nitrogen and oxygen atoms in total. The average Bonchev–Trinajstić information content (AvgIpc) is 3.45. The van der Waals surface area contributed by atoms with Crippen molar-refractivity contribution in [1.29, 1.82) is 0 Å². The molecule has 45 heavy (non-hydrogen) atoms. The van der Waals surface area contributed by atoms with Gasteiger partial charge in [0.05, 0.1) is 0 Å². The fourth-order valence-corrected chi connectivity index (χ4v) is 6.29. The smallest absolute Gasteiger partial charge is 0.138 e. The number of nitrogens with zero attached hydrogens (tertiary/aromatic N) is 1. The van der Waals surface area contributed by atoms with E-state index in [2.05, 4.69) is 170 Å². The molecule has 214 valence electrons. The summed E-state index contributed by atoms with van der Waals surface area (Å²) in [6, 6.07) is 60.3. The Bertz CT molecular complexity index is 2260. The van der Waals surface area contributed by atoms with Crippen molar-refractivity contribution < 1.29 is 4.42 Å². The maximum absolute atomic E-state index is 6.25. The summed E-state index contributed by atoms with van der Waals surface area (Å²) in [7, 11) is 0. The molecule has 0 spiro atoms. The average molecular weight is 578 g/mol. The predicted octanol–water partition coefficient (Wildman–Crippen LogP) is 12.4. The maximum Gasteiger partial charge on any atom is 0.138 e. The largest absolute Gasteiger partial charge is 0.456 e. The lowest BCUT2D eigenvalue weighted by Gasteiger charge is -2.26. The van der Waals surface area contributed by atoms with Crippen molar-refractivity contribution in [2.45, 2.75) is 6.92 Å². The summed E-state index contributed by atoms with van der Waals surface area (Å²) in [5.41, 5.74) is 11.3. The summed E-state index contributed by atoms with van der Waals surface area (Å²) >= 11 is 0. The van der Waals surface area contributed by atoms with Crippen molar-refractivity contribution in [1.82, 2.24) is 0 Å². The number of hydrogen-bond acceptors (Lipinski definition) is 2. The van der Waals surface area contributed by atoms with Gasteiger partial charge in [0.25, 0.3) is 0 Å². The maximum atomic E-state index is 6.25. The quantitative estimate of drug-likeness (QED) is 0.195. The lowest BCUT2D eigenvalue weighted by Crippen LogP contribution is -2.09. The second kappa shape index (κ2) is 11.3. The second-order valence-electron chi connectivity index (χ2n) is 11.5. The number of hydrogen-bond donors (Lipinski definition) is 0. The van der Waals surface area contributed by atoms with Crippen LogP contribution in [0.5, 0.6) is 0 Å². The summed E-state index contributed by atoms with van der Waals surface area (Å²) in [6.07, 6.45) is 0. The van der Waals surface area contributed by atoms with Crippen LogP contribution in [0.25, 0.3) is 55.3 Å². The first-order valence-corrected chi connectivity index (χ1v) is 15.3. The highest BCUT2D eigenvalue weighted by Gasteiger charge is 2.14. The molecule has 0 N–H and O–H groups in total. The molecule has 0 aliphatic carbocycles. The molecular formula is C43H31NO. The number of anilines is 3. The van der Waals surface area contributed by atoms with Crippen LogP contribution in [0.4, 0.5) is 17.1 Å². The summed E-state index contributed by atoms with van der Waals surface area (Å²) in [4.78, 5) is 2.32. The van der Waals surface area contributed by atoms with Crippen LogP contribution in [0.1, 0.15) is 5.56 Å². The Morgan fingerprint density at radius 3 is 1.73 bits per heavy atom. The minimum atomic E-state index is 0.926. The first kappa shape index (κ1) is 26.7. The number of aryl methyl sites for hydroxylation is 1. The van der Waals surface area contributed by atoms with Crippen LogP contribution < -0.4 is 4.90 Å². The molecule has 1 aromatic heterocycles. The first-order valence-electron chi connectivity index (χ1n) is 15.3. The van der Waals surface area contributed by atoms with Gasteiger partial charge < -0.3 is 9.32 Å². The topological polar surface area (TPSA) is 16.4 Å². The van der Waals surface area contributed by atoms with E-state index in [1.54, 1.807) is 0 Å². The van der Waals surface area contributed by atoms with Crippen molar-refractivity contribution in [3.8, 4) is 33.6 Å². The van der Waals surface area contributed by atoms with Crippen molar-refractivity contribution in [2.24, 2.45) is 0 Å². The van der Waals surface area contributed by atoms with Gasteiger partial charge >= 0.3 is 0 Å². The van der Waals surface area contributed by atoms with E-state index in [0.29, 0.717) is 0 Å². The van der Waals surface area contributed by atoms with Gasteiger partial charge in [0, 0.05) is 33.6 Å². The fourth-order valence-electron chi connectivity index (χ4n) is 6.29. The summed E-state index contributed by atoms with van der Waals surface area (Å²) in [5, 5.41) is 3.63. The molecule has 0 amide bonds. The molecule has 0 aliphatic heterocycles. The van der Waals surface area contributed by atoms with Crippen LogP contribution >= 0.6 is 0 Å². The van der Waals surface area contributed by atoms with Crippen LogP contribution in [0, 0.1) is 6.92 Å². The van der Waals surface area contributed by atoms with Crippen LogP contribution in [0.15, 0.2) is 174 Å². The lowest BCUT2D eigenvalue weighted by atomic mass is 9.97. The number of furan rings is 1. The zero-order valence-electron chi connectivity index (χ0n) is 25.0. The molecule has 0 unspecified atom stereocenters. The third-order valence-electron chi connectivity index (χ3n) is 8.65. The Balaban J connectivity index is 1.08. The number of para-hydroxylation sites is 2. The molecule has 0 atom stereocenters. The standard InChI is InChI=1S/C43H31NO/c1-30-41-16-7-8-17-42(41)45-43(30)37-13-9-12-35(28-37)34-20-18-32(19-21-34)33-22-25-39(26-23-33)44(38-14-3-2-4-15-38)40-27-24-31-10-5-6-11-36(31)29-40/h2-29H,1H3. The predicted molar refractivity (Wildman–Crippen MR) is 189 cm³/mol. The number of fused-ring (bicyclic) bond motifs is 2. The van der Waals surface area contributed by atoms with Gasteiger partial charge in [-0.25, -0.2) is 0 Å². The van der Waals surface area contributed by atoms with E-state index in [1.165, 1.54) is 38.6 Å². The molecule has 7 aromatic carbocycles. The van der Waals surface area contributed by atoms with Gasteiger partial charge in [-0.15, -0.1) is 0 Å². The number of benzene rings is 7. The SMILES string of the molecule is Cc1c(-c2cccc(-c3ccc(-c4ccc(N(c5ccccc5)c5ccc6ccccc6c5)cc4)cc3)c2)oc2ccccc12. The molecule has 0 aliphatic rings. The monoisotopic (exact) mass is 577 g/mol. The first-order chi connectivity index (χ1) is 22.2. The minimum Gasteiger partial charge on any atom is -0.456 e. The summed E-state index contributed by atoms with van der Waals surface area (Å²) in [6.45, 7) is 2.13. The van der Waals surface area contributed by atoms with E-state index in [1.807, 2.05) is 12.1 Å². The van der Waals surface area contributed by atoms with E-state index in [9.17, 15) is 0 Å². The highest BCUT2D eigenvalue weighted by molar-refractivity contribution is 5.90. The molecule has 8 aromatic rings. The lowest BCUT2D eigenvalue weighted by molar-refractivity contribution is 0.629. The van der Waals surface area contributed by atoms with Crippen LogP contribution in [-0.4, -0.2) is 0 Å². The highest BCUT2D eigenvalue weighted by Crippen LogP contribution is 2.38. The van der Waals surface area contributed by atoms with Gasteiger partial charge in [0.15, 0.2) is 0 Å². The van der Waals surface area contributed by atoms with Gasteiger partial charge in [0.2, 0.25) is 0 Å². The molecule has 2 heteroatoms. The Morgan fingerprint density at radius 1 is 0.400 bits per heavy atom. The van der Waals surface area contributed by atoms with E-state index < -0.39 is 0 Å². The Morgan fingerprint density at radius 2 is 0.978 bits per heavy atom. The zero-order chi connectivity index (χ0) is 30.2. The van der Waals surface area contributed by atoms with Gasteiger partial charge in [0.1, 0.15) is 11.3 Å². The molecule has 0 saturated heterocycles. The van der Waals surface area contributed by atoms with Crippen molar-refractivity contribution in [2.75, 3.05) is 4.90 Å². The third kappa shape index (κ3) is 5.07. The highest BCUT2D eigenvalue weighted by atomic mass is 16.3. The Labute approximate surface area is 263 Å². The Kier molecular flexibility index (Phi) is 6.73. The van der Waals surface area contributed by atoms with E-state index >= 15 is 0 Å². The van der Waals surface area contributed by atoms with E-state index in [4.69, 9.17) is 4.42 Å². The molecule has 0 radical (unpaired) electrons. The third-order valence-corrected chi connectivity index (χ3v) is 8.65. The van der Waals surface area contributed by atoms with Gasteiger partial charge in [-0.1, -0.05) is 121 Å². The molecular weight excluding hydrogens is 546 g/mol. The molecule has 0 bridgehead atoms. The van der Waals surface area contributed by atoms with Gasteiger partial charge in [-0.05, 0) is 88.5 Å². The van der Waals surface area contributed by atoms with Crippen molar-refractivity contribution in [3.05, 3.63) is 175 Å². The molecule has 1 heterocycles. The fraction of sp³-hybridized carbons (Fsp3) is 0.0233. The molecule has 0 saturated carbocycles. The van der Waals surface area contributed by atoms with Crippen LogP contribution in [0.3, 0.4) is 0 Å². The van der Waals surface area contributed by atoms with Crippen LogP contribution in [-0.2, 0) is 0 Å². The zero-order valence-corrected chi connectivity index (χ0v) is 25.0. The van der Waals surface area contributed by atoms with Crippen LogP contribution in [0.2, 0.25) is 0 Å². The molecule has 0 fully saturated rings. The number of rotatable bonds is 6. The normalized spacial score (nSPS) is 11.2. The minimum absolute atomic E-state index is 0.926.